The number of ketones is 2. The number of rotatable bonds is 2. The summed E-state index contributed by atoms with van der Waals surface area (Å²) >= 11 is 0. The van der Waals surface area contributed by atoms with Crippen LogP contribution in [0.25, 0.3) is 0 Å². The second-order valence-electron chi connectivity index (χ2n) is 3.65. The van der Waals surface area contributed by atoms with Crippen molar-refractivity contribution in [3.63, 3.8) is 0 Å². The van der Waals surface area contributed by atoms with E-state index in [1.54, 1.807) is 0 Å². The van der Waals surface area contributed by atoms with E-state index in [0.717, 1.165) is 12.8 Å². The van der Waals surface area contributed by atoms with Gasteiger partial charge in [0, 0.05) is 12.3 Å². The van der Waals surface area contributed by atoms with Gasteiger partial charge in [0.25, 0.3) is 0 Å². The van der Waals surface area contributed by atoms with E-state index in [9.17, 15) is 9.59 Å². The van der Waals surface area contributed by atoms with Gasteiger partial charge in [-0.15, -0.1) is 0 Å². The Labute approximate surface area is 67.0 Å². The summed E-state index contributed by atoms with van der Waals surface area (Å²) in [4.78, 5) is 21.9. The van der Waals surface area contributed by atoms with E-state index in [-0.39, 0.29) is 17.5 Å². The normalized spacial score (nSPS) is 25.2. The average molecular weight is 154 g/mol. The second kappa shape index (κ2) is 3.16. The lowest BCUT2D eigenvalue weighted by Crippen LogP contribution is -2.14. The number of carbonyl (C=O) groups excluding carboxylic acids is 2. The Kier molecular flexibility index (Phi) is 2.42. The molecule has 0 heterocycles. The molecule has 0 N–H and O–H groups in total. The fraction of sp³-hybridized carbons (Fsp3) is 0.778. The van der Waals surface area contributed by atoms with Crippen molar-refractivity contribution in [2.45, 2.75) is 33.1 Å². The summed E-state index contributed by atoms with van der Waals surface area (Å²) in [5, 5.41) is 0. The highest BCUT2D eigenvalue weighted by molar-refractivity contribution is 6.39. The van der Waals surface area contributed by atoms with Crippen LogP contribution in [0.4, 0.5) is 0 Å². The third-order valence-electron chi connectivity index (χ3n) is 2.12. The van der Waals surface area contributed by atoms with Gasteiger partial charge in [-0.2, -0.15) is 0 Å². The molecule has 2 heteroatoms. The van der Waals surface area contributed by atoms with Crippen molar-refractivity contribution in [3.8, 4) is 0 Å². The summed E-state index contributed by atoms with van der Waals surface area (Å²) in [6.07, 6.45) is 2.15. The molecule has 0 radical (unpaired) electrons. The summed E-state index contributed by atoms with van der Waals surface area (Å²) in [7, 11) is 0. The van der Waals surface area contributed by atoms with Crippen molar-refractivity contribution in [3.05, 3.63) is 0 Å². The van der Waals surface area contributed by atoms with Gasteiger partial charge in [0.05, 0.1) is 0 Å². The maximum Gasteiger partial charge on any atom is 0.201 e. The van der Waals surface area contributed by atoms with Gasteiger partial charge in [-0.3, -0.25) is 9.59 Å². The predicted molar refractivity (Wildman–Crippen MR) is 42.2 cm³/mol. The molecular formula is C9H14O2. The van der Waals surface area contributed by atoms with Gasteiger partial charge >= 0.3 is 0 Å². The average Bonchev–Trinajstić information content (AvgIpc) is 2.18. The Morgan fingerprint density at radius 3 is 2.45 bits per heavy atom. The standard InChI is InChI=1S/C9H14O2/c1-6(2)5-7-3-4-8(10)9(7)11/h6-7H,3-5H2,1-2H3. The SMILES string of the molecule is CC(C)CC1CCC(=O)C1=O. The summed E-state index contributed by atoms with van der Waals surface area (Å²) < 4.78 is 0. The molecule has 1 fully saturated rings. The van der Waals surface area contributed by atoms with Crippen LogP contribution in [0.5, 0.6) is 0 Å². The van der Waals surface area contributed by atoms with Crippen LogP contribution in [-0.2, 0) is 9.59 Å². The Balaban J connectivity index is 2.49. The molecule has 1 rings (SSSR count). The molecule has 11 heavy (non-hydrogen) atoms. The minimum absolute atomic E-state index is 0.0440. The Hall–Kier alpha value is -0.660. The zero-order valence-electron chi connectivity index (χ0n) is 7.09. The highest BCUT2D eigenvalue weighted by atomic mass is 16.2. The lowest BCUT2D eigenvalue weighted by molar-refractivity contribution is -0.135. The first-order valence-corrected chi connectivity index (χ1v) is 4.18. The number of Topliss-reactive ketones (excluding diaryl/α,β-unsaturated/α-hetero) is 2. The summed E-state index contributed by atoms with van der Waals surface area (Å²) in [5.41, 5.74) is 0. The van der Waals surface area contributed by atoms with Gasteiger partial charge in [-0.25, -0.2) is 0 Å². The van der Waals surface area contributed by atoms with Crippen molar-refractivity contribution < 1.29 is 9.59 Å². The molecule has 2 nitrogen and oxygen atoms in total. The third-order valence-corrected chi connectivity index (χ3v) is 2.12. The lowest BCUT2D eigenvalue weighted by Gasteiger charge is -2.08. The van der Waals surface area contributed by atoms with E-state index in [0.29, 0.717) is 12.3 Å². The first kappa shape index (κ1) is 8.44. The summed E-state index contributed by atoms with van der Waals surface area (Å²) in [5.74, 6) is 0.284. The largest absolute Gasteiger partial charge is 0.291 e. The van der Waals surface area contributed by atoms with E-state index in [2.05, 4.69) is 13.8 Å². The van der Waals surface area contributed by atoms with Crippen LogP contribution in [-0.4, -0.2) is 11.6 Å². The molecule has 0 aromatic heterocycles. The van der Waals surface area contributed by atoms with E-state index in [4.69, 9.17) is 0 Å². The van der Waals surface area contributed by atoms with Gasteiger partial charge in [-0.1, -0.05) is 13.8 Å². The van der Waals surface area contributed by atoms with Crippen molar-refractivity contribution in [1.29, 1.82) is 0 Å². The molecular weight excluding hydrogens is 140 g/mol. The monoisotopic (exact) mass is 154 g/mol. The van der Waals surface area contributed by atoms with E-state index >= 15 is 0 Å². The van der Waals surface area contributed by atoms with Crippen molar-refractivity contribution in [2.24, 2.45) is 11.8 Å². The fourth-order valence-corrected chi connectivity index (χ4v) is 1.58. The van der Waals surface area contributed by atoms with E-state index in [1.165, 1.54) is 0 Å². The lowest BCUT2D eigenvalue weighted by atomic mass is 9.95. The third kappa shape index (κ3) is 1.88. The van der Waals surface area contributed by atoms with Gasteiger partial charge in [0.2, 0.25) is 5.78 Å². The molecule has 0 aromatic rings. The number of hydrogen-bond donors (Lipinski definition) is 0. The summed E-state index contributed by atoms with van der Waals surface area (Å²) in [6, 6.07) is 0. The van der Waals surface area contributed by atoms with Crippen LogP contribution in [0.2, 0.25) is 0 Å². The van der Waals surface area contributed by atoms with Gasteiger partial charge in [-0.05, 0) is 18.8 Å². The van der Waals surface area contributed by atoms with Crippen LogP contribution >= 0.6 is 0 Å². The molecule has 1 atom stereocenters. The molecule has 62 valence electrons. The zero-order valence-corrected chi connectivity index (χ0v) is 7.09. The van der Waals surface area contributed by atoms with Gasteiger partial charge in [0.15, 0.2) is 5.78 Å². The minimum Gasteiger partial charge on any atom is -0.291 e. The maximum atomic E-state index is 11.1. The highest BCUT2D eigenvalue weighted by Gasteiger charge is 2.32. The van der Waals surface area contributed by atoms with Crippen LogP contribution in [0.3, 0.4) is 0 Å². The fourth-order valence-electron chi connectivity index (χ4n) is 1.58. The number of carbonyl (C=O) groups is 2. The zero-order chi connectivity index (χ0) is 8.43. The minimum atomic E-state index is -0.157. The molecule has 1 saturated carbocycles. The Morgan fingerprint density at radius 2 is 2.09 bits per heavy atom. The molecule has 1 aliphatic carbocycles. The molecule has 1 unspecified atom stereocenters. The molecule has 0 saturated heterocycles. The molecule has 1 aliphatic rings. The molecule has 0 amide bonds. The van der Waals surface area contributed by atoms with Crippen LogP contribution < -0.4 is 0 Å². The van der Waals surface area contributed by atoms with E-state index < -0.39 is 0 Å². The van der Waals surface area contributed by atoms with Gasteiger partial charge < -0.3 is 0 Å². The van der Waals surface area contributed by atoms with Crippen LogP contribution in [0.1, 0.15) is 33.1 Å². The Bertz CT molecular complexity index is 182. The van der Waals surface area contributed by atoms with Crippen molar-refractivity contribution >= 4 is 11.6 Å². The molecule has 0 spiro atoms. The first-order chi connectivity index (χ1) is 5.11. The smallest absolute Gasteiger partial charge is 0.201 e. The number of hydrogen-bond acceptors (Lipinski definition) is 2. The van der Waals surface area contributed by atoms with Crippen molar-refractivity contribution in [2.75, 3.05) is 0 Å². The van der Waals surface area contributed by atoms with Crippen molar-refractivity contribution in [1.82, 2.24) is 0 Å². The molecule has 0 bridgehead atoms. The topological polar surface area (TPSA) is 34.1 Å². The first-order valence-electron chi connectivity index (χ1n) is 4.18. The maximum absolute atomic E-state index is 11.1. The quantitative estimate of drug-likeness (QED) is 0.566. The second-order valence-corrected chi connectivity index (χ2v) is 3.65. The molecule has 0 aliphatic heterocycles. The van der Waals surface area contributed by atoms with Crippen LogP contribution in [0.15, 0.2) is 0 Å². The van der Waals surface area contributed by atoms with Crippen LogP contribution in [0, 0.1) is 11.8 Å². The van der Waals surface area contributed by atoms with Gasteiger partial charge in [0.1, 0.15) is 0 Å². The molecule has 0 aromatic carbocycles. The Morgan fingerprint density at radius 1 is 1.45 bits per heavy atom. The van der Waals surface area contributed by atoms with E-state index in [1.807, 2.05) is 0 Å². The highest BCUT2D eigenvalue weighted by Crippen LogP contribution is 2.24. The predicted octanol–water partition coefficient (Wildman–Crippen LogP) is 1.58. The summed E-state index contributed by atoms with van der Waals surface area (Å²) in [6.45, 7) is 4.16.